The molecule has 4 rings (SSSR count). The summed E-state index contributed by atoms with van der Waals surface area (Å²) in [5.41, 5.74) is 3.13. The molecule has 1 amide bonds. The number of aromatic amines is 1. The molecule has 1 N–H and O–H groups in total. The minimum Gasteiger partial charge on any atom is -0.444 e. The van der Waals surface area contributed by atoms with Gasteiger partial charge in [-0.05, 0) is 46.1 Å². The molecule has 2 heterocycles. The number of piperazine rings is 1. The van der Waals surface area contributed by atoms with Gasteiger partial charge in [-0.15, -0.1) is 0 Å². The van der Waals surface area contributed by atoms with Crippen LogP contribution in [0.3, 0.4) is 0 Å². The van der Waals surface area contributed by atoms with Crippen LogP contribution in [0.25, 0.3) is 10.9 Å². The Morgan fingerprint density at radius 2 is 1.94 bits per heavy atom. The number of amides is 1. The van der Waals surface area contributed by atoms with E-state index in [1.165, 1.54) is 32.1 Å². The van der Waals surface area contributed by atoms with Crippen LogP contribution in [-0.2, 0) is 4.74 Å². The van der Waals surface area contributed by atoms with Gasteiger partial charge in [0, 0.05) is 47.1 Å². The third-order valence-corrected chi connectivity index (χ3v) is 6.91. The largest absolute Gasteiger partial charge is 0.444 e. The number of nitrogens with zero attached hydrogens (tertiary/aromatic N) is 2. The molecule has 1 aromatic carbocycles. The number of ether oxygens (including phenoxy) is 1. The first-order chi connectivity index (χ1) is 14.7. The van der Waals surface area contributed by atoms with Gasteiger partial charge in [0.25, 0.3) is 0 Å². The second-order valence-corrected chi connectivity index (χ2v) is 10.6. The minimum absolute atomic E-state index is 0.220. The van der Waals surface area contributed by atoms with E-state index < -0.39 is 5.60 Å². The lowest BCUT2D eigenvalue weighted by Crippen LogP contribution is -2.50. The number of allylic oxidation sites excluding steroid dienone is 3. The highest BCUT2D eigenvalue weighted by Crippen LogP contribution is 2.41. The average molecular weight is 440 g/mol. The van der Waals surface area contributed by atoms with Gasteiger partial charge in [-0.25, -0.2) is 4.79 Å². The first kappa shape index (κ1) is 21.9. The molecule has 2 aliphatic rings. The number of hydrogen-bond donors (Lipinski definition) is 1. The van der Waals surface area contributed by atoms with Crippen LogP contribution in [-0.4, -0.2) is 47.8 Å². The van der Waals surface area contributed by atoms with Gasteiger partial charge in [-0.3, -0.25) is 0 Å². The number of fused-ring (bicyclic) bond motifs is 1. The molecule has 2 aromatic rings. The Hall–Kier alpha value is -2.34. The summed E-state index contributed by atoms with van der Waals surface area (Å²) in [7, 11) is 0. The molecule has 6 heteroatoms. The highest BCUT2D eigenvalue weighted by molar-refractivity contribution is 8.03. The van der Waals surface area contributed by atoms with Gasteiger partial charge in [-0.1, -0.05) is 49.0 Å². The van der Waals surface area contributed by atoms with Gasteiger partial charge < -0.3 is 19.5 Å². The van der Waals surface area contributed by atoms with Crippen LogP contribution in [0.15, 0.2) is 46.2 Å². The Morgan fingerprint density at radius 1 is 1.19 bits per heavy atom. The standard InChI is InChI=1S/C25H33N3O2S/c1-17-8-6-9-19(16-17)31-23-18(2)26-22-20(23)10-7-11-21(22)27-12-14-28(15-13-27)24(29)30-25(3,4)5/h6-7,9-11,16-17,26H,8,12-15H2,1-5H3. The number of carbonyl (C=O) groups excluding carboxylic acids is 1. The summed E-state index contributed by atoms with van der Waals surface area (Å²) >= 11 is 1.85. The van der Waals surface area contributed by atoms with Crippen molar-refractivity contribution >= 4 is 34.4 Å². The monoisotopic (exact) mass is 439 g/mol. The van der Waals surface area contributed by atoms with E-state index in [1.54, 1.807) is 0 Å². The normalized spacial score (nSPS) is 19.6. The molecular formula is C25H33N3O2S. The molecule has 1 unspecified atom stereocenters. The molecule has 0 bridgehead atoms. The number of carbonyl (C=O) groups is 1. The third-order valence-electron chi connectivity index (χ3n) is 5.67. The second kappa shape index (κ2) is 8.65. The van der Waals surface area contributed by atoms with Crippen LogP contribution < -0.4 is 4.90 Å². The van der Waals surface area contributed by atoms with Crippen LogP contribution in [0.1, 0.15) is 39.8 Å². The molecule has 1 saturated heterocycles. The third kappa shape index (κ3) is 4.95. The molecule has 1 fully saturated rings. The number of para-hydroxylation sites is 1. The molecule has 0 saturated carbocycles. The number of nitrogens with one attached hydrogen (secondary N) is 1. The Bertz CT molecular complexity index is 1020. The van der Waals surface area contributed by atoms with Crippen LogP contribution in [0, 0.1) is 12.8 Å². The van der Waals surface area contributed by atoms with Crippen LogP contribution in [0.5, 0.6) is 0 Å². The number of H-pyrrole nitrogens is 1. The topological polar surface area (TPSA) is 48.6 Å². The molecule has 1 aliphatic carbocycles. The summed E-state index contributed by atoms with van der Waals surface area (Å²) in [4.78, 5) is 22.8. The fourth-order valence-electron chi connectivity index (χ4n) is 4.15. The van der Waals surface area contributed by atoms with Crippen molar-refractivity contribution in [2.45, 2.75) is 51.5 Å². The Kier molecular flexibility index (Phi) is 6.11. The molecule has 31 heavy (non-hydrogen) atoms. The highest BCUT2D eigenvalue weighted by Gasteiger charge is 2.27. The molecule has 1 atom stereocenters. The molecule has 0 radical (unpaired) electrons. The highest BCUT2D eigenvalue weighted by atomic mass is 32.2. The zero-order valence-corrected chi connectivity index (χ0v) is 20.0. The number of aryl methyl sites for hydroxylation is 1. The van der Waals surface area contributed by atoms with Crippen molar-refractivity contribution in [3.63, 3.8) is 0 Å². The Labute approximate surface area is 189 Å². The predicted molar refractivity (Wildman–Crippen MR) is 130 cm³/mol. The number of thioether (sulfide) groups is 1. The van der Waals surface area contributed by atoms with Gasteiger partial charge >= 0.3 is 6.09 Å². The van der Waals surface area contributed by atoms with E-state index in [2.05, 4.69) is 60.2 Å². The summed E-state index contributed by atoms with van der Waals surface area (Å²) in [5.74, 6) is 0.592. The fourth-order valence-corrected chi connectivity index (χ4v) is 5.33. The molecule has 1 aromatic heterocycles. The van der Waals surface area contributed by atoms with Crippen molar-refractivity contribution < 1.29 is 9.53 Å². The van der Waals surface area contributed by atoms with Crippen LogP contribution >= 0.6 is 11.8 Å². The van der Waals surface area contributed by atoms with Gasteiger partial charge in [0.2, 0.25) is 0 Å². The van der Waals surface area contributed by atoms with Crippen molar-refractivity contribution in [3.8, 4) is 0 Å². The average Bonchev–Trinajstić information content (AvgIpc) is 3.02. The maximum Gasteiger partial charge on any atom is 0.410 e. The van der Waals surface area contributed by atoms with E-state index in [0.717, 1.165) is 19.5 Å². The zero-order chi connectivity index (χ0) is 22.2. The fraction of sp³-hybridized carbons (Fsp3) is 0.480. The lowest BCUT2D eigenvalue weighted by Gasteiger charge is -2.37. The lowest BCUT2D eigenvalue weighted by molar-refractivity contribution is 0.0240. The summed E-state index contributed by atoms with van der Waals surface area (Å²) in [6, 6.07) is 6.53. The summed E-state index contributed by atoms with van der Waals surface area (Å²) in [5, 5.41) is 1.27. The van der Waals surface area contributed by atoms with Crippen LogP contribution in [0.4, 0.5) is 10.5 Å². The SMILES string of the molecule is Cc1[nH]c2c(N3CCN(C(=O)OC(C)(C)C)CC3)cccc2c1SC1=CC(C)CC=C1. The van der Waals surface area contributed by atoms with Gasteiger partial charge in [0.15, 0.2) is 0 Å². The second-order valence-electron chi connectivity index (χ2n) is 9.52. The number of anilines is 1. The molecule has 0 spiro atoms. The number of benzene rings is 1. The lowest BCUT2D eigenvalue weighted by atomic mass is 10.0. The smallest absolute Gasteiger partial charge is 0.410 e. The first-order valence-electron chi connectivity index (χ1n) is 11.1. The summed E-state index contributed by atoms with van der Waals surface area (Å²) < 4.78 is 5.54. The maximum absolute atomic E-state index is 12.4. The van der Waals surface area contributed by atoms with Crippen LogP contribution in [0.2, 0.25) is 0 Å². The number of aromatic nitrogens is 1. The maximum atomic E-state index is 12.4. The number of rotatable bonds is 3. The minimum atomic E-state index is -0.462. The quantitative estimate of drug-likeness (QED) is 0.627. The van der Waals surface area contributed by atoms with E-state index in [1.807, 2.05) is 37.4 Å². The van der Waals surface area contributed by atoms with E-state index >= 15 is 0 Å². The van der Waals surface area contributed by atoms with E-state index in [-0.39, 0.29) is 6.09 Å². The van der Waals surface area contributed by atoms with E-state index in [9.17, 15) is 4.79 Å². The van der Waals surface area contributed by atoms with Crippen molar-refractivity contribution in [2.24, 2.45) is 5.92 Å². The van der Waals surface area contributed by atoms with Gasteiger partial charge in [0.1, 0.15) is 5.60 Å². The Morgan fingerprint density at radius 3 is 2.61 bits per heavy atom. The molecule has 1 aliphatic heterocycles. The van der Waals surface area contributed by atoms with E-state index in [0.29, 0.717) is 19.0 Å². The van der Waals surface area contributed by atoms with Gasteiger partial charge in [-0.2, -0.15) is 0 Å². The van der Waals surface area contributed by atoms with Crippen molar-refractivity contribution in [1.82, 2.24) is 9.88 Å². The summed E-state index contributed by atoms with van der Waals surface area (Å²) in [6.45, 7) is 13.1. The van der Waals surface area contributed by atoms with E-state index in [4.69, 9.17) is 4.74 Å². The van der Waals surface area contributed by atoms with Crippen molar-refractivity contribution in [3.05, 3.63) is 47.0 Å². The molecular weight excluding hydrogens is 406 g/mol. The molecule has 166 valence electrons. The zero-order valence-electron chi connectivity index (χ0n) is 19.2. The van der Waals surface area contributed by atoms with Gasteiger partial charge in [0.05, 0.1) is 11.2 Å². The van der Waals surface area contributed by atoms with Crippen molar-refractivity contribution in [2.75, 3.05) is 31.1 Å². The predicted octanol–water partition coefficient (Wildman–Crippen LogP) is 6.11. The van der Waals surface area contributed by atoms with Crippen molar-refractivity contribution in [1.29, 1.82) is 0 Å². The first-order valence-corrected chi connectivity index (χ1v) is 11.9. The number of hydrogen-bond acceptors (Lipinski definition) is 4. The molecule has 5 nitrogen and oxygen atoms in total. The summed E-state index contributed by atoms with van der Waals surface area (Å²) in [6.07, 6.45) is 7.77. The Balaban J connectivity index is 1.52.